The molecule has 0 aromatic carbocycles. The van der Waals surface area contributed by atoms with Crippen LogP contribution < -0.4 is 0 Å². The number of aryl methyl sites for hydroxylation is 1. The molecule has 0 aliphatic rings. The van der Waals surface area contributed by atoms with Crippen molar-refractivity contribution in [3.8, 4) is 0 Å². The van der Waals surface area contributed by atoms with Gasteiger partial charge in [0.25, 0.3) is 0 Å². The Morgan fingerprint density at radius 2 is 2.14 bits per heavy atom. The minimum atomic E-state index is 0.884. The summed E-state index contributed by atoms with van der Waals surface area (Å²) in [7, 11) is 0. The molecule has 14 heavy (non-hydrogen) atoms. The zero-order valence-corrected chi connectivity index (χ0v) is 10.3. The zero-order valence-electron chi connectivity index (χ0n) is 8.71. The predicted molar refractivity (Wildman–Crippen MR) is 65.1 cm³/mol. The topological polar surface area (TPSA) is 12.9 Å². The molecule has 1 rings (SSSR count). The number of aromatic nitrogens is 1. The van der Waals surface area contributed by atoms with E-state index in [4.69, 9.17) is 0 Å². The lowest BCUT2D eigenvalue weighted by atomic mass is 10.0. The molecule has 0 spiro atoms. The van der Waals surface area contributed by atoms with Crippen molar-refractivity contribution < 1.29 is 0 Å². The van der Waals surface area contributed by atoms with Gasteiger partial charge in [0.05, 0.1) is 0 Å². The lowest BCUT2D eigenvalue weighted by Gasteiger charge is -2.05. The average Bonchev–Trinajstić information content (AvgIpc) is 2.15. The second-order valence-electron chi connectivity index (χ2n) is 3.07. The molecule has 0 radical (unpaired) electrons. The minimum absolute atomic E-state index is 0.884. The summed E-state index contributed by atoms with van der Waals surface area (Å²) in [6, 6.07) is 2.03. The van der Waals surface area contributed by atoms with Gasteiger partial charge in [0.2, 0.25) is 0 Å². The molecule has 1 aromatic heterocycles. The van der Waals surface area contributed by atoms with Crippen molar-refractivity contribution in [2.45, 2.75) is 20.8 Å². The van der Waals surface area contributed by atoms with E-state index in [1.807, 2.05) is 32.2 Å². The Kier molecular flexibility index (Phi) is 4.08. The summed E-state index contributed by atoms with van der Waals surface area (Å²) in [4.78, 5) is 4.23. The number of allylic oxidation sites excluding steroid dienone is 4. The predicted octanol–water partition coefficient (Wildman–Crippen LogP) is 4.13. The summed E-state index contributed by atoms with van der Waals surface area (Å²) in [5, 5.41) is 0. The van der Waals surface area contributed by atoms with Gasteiger partial charge in [0, 0.05) is 11.8 Å². The second-order valence-corrected chi connectivity index (χ2v) is 3.88. The van der Waals surface area contributed by atoms with Crippen LogP contribution in [0.3, 0.4) is 0 Å². The highest BCUT2D eigenvalue weighted by Gasteiger charge is 2.02. The average molecular weight is 252 g/mol. The van der Waals surface area contributed by atoms with Gasteiger partial charge in [-0.05, 0) is 53.9 Å². The van der Waals surface area contributed by atoms with Crippen LogP contribution in [-0.4, -0.2) is 4.98 Å². The first-order valence-corrected chi connectivity index (χ1v) is 5.40. The van der Waals surface area contributed by atoms with Gasteiger partial charge in [-0.15, -0.1) is 0 Å². The first kappa shape index (κ1) is 11.2. The van der Waals surface area contributed by atoms with Gasteiger partial charge in [-0.25, -0.2) is 4.98 Å². The van der Waals surface area contributed by atoms with E-state index in [0.29, 0.717) is 0 Å². The van der Waals surface area contributed by atoms with E-state index in [2.05, 4.69) is 40.0 Å². The van der Waals surface area contributed by atoms with Gasteiger partial charge in [0.15, 0.2) is 0 Å². The third kappa shape index (κ3) is 2.55. The van der Waals surface area contributed by atoms with Crippen LogP contribution in [0.2, 0.25) is 0 Å². The molecule has 0 saturated heterocycles. The Morgan fingerprint density at radius 1 is 1.43 bits per heavy atom. The Bertz CT molecular complexity index is 378. The Hall–Kier alpha value is -0.890. The van der Waals surface area contributed by atoms with Gasteiger partial charge in [0.1, 0.15) is 4.60 Å². The van der Waals surface area contributed by atoms with E-state index in [1.54, 1.807) is 0 Å². The van der Waals surface area contributed by atoms with E-state index in [-0.39, 0.29) is 0 Å². The van der Waals surface area contributed by atoms with Gasteiger partial charge >= 0.3 is 0 Å². The van der Waals surface area contributed by atoms with Crippen LogP contribution in [0.5, 0.6) is 0 Å². The molecule has 0 saturated carbocycles. The van der Waals surface area contributed by atoms with E-state index in [1.165, 1.54) is 16.7 Å². The van der Waals surface area contributed by atoms with E-state index in [0.717, 1.165) is 4.60 Å². The van der Waals surface area contributed by atoms with E-state index in [9.17, 15) is 0 Å². The number of hydrogen-bond acceptors (Lipinski definition) is 1. The Labute approximate surface area is 93.7 Å². The lowest BCUT2D eigenvalue weighted by molar-refractivity contribution is 1.22. The third-order valence-corrected chi connectivity index (χ3v) is 2.48. The molecule has 0 N–H and O–H groups in total. The molecule has 0 amide bonds. The molecular weight excluding hydrogens is 238 g/mol. The van der Waals surface area contributed by atoms with Crippen molar-refractivity contribution in [2.75, 3.05) is 0 Å². The summed E-state index contributed by atoms with van der Waals surface area (Å²) in [6.07, 6.45) is 8.13. The van der Waals surface area contributed by atoms with Crippen molar-refractivity contribution in [1.82, 2.24) is 4.98 Å². The Morgan fingerprint density at radius 3 is 2.64 bits per heavy atom. The summed E-state index contributed by atoms with van der Waals surface area (Å²) >= 11 is 3.36. The first-order valence-electron chi connectivity index (χ1n) is 4.60. The van der Waals surface area contributed by atoms with Gasteiger partial charge < -0.3 is 0 Å². The highest BCUT2D eigenvalue weighted by molar-refractivity contribution is 9.10. The van der Waals surface area contributed by atoms with Crippen LogP contribution in [0.4, 0.5) is 0 Å². The molecule has 0 atom stereocenters. The summed E-state index contributed by atoms with van der Waals surface area (Å²) in [6.45, 7) is 6.15. The van der Waals surface area contributed by atoms with Crippen LogP contribution in [-0.2, 0) is 0 Å². The summed E-state index contributed by atoms with van der Waals surface area (Å²) < 4.78 is 0.884. The van der Waals surface area contributed by atoms with E-state index < -0.39 is 0 Å². The zero-order chi connectivity index (χ0) is 10.6. The normalized spacial score (nSPS) is 12.4. The van der Waals surface area contributed by atoms with Crippen LogP contribution in [0.15, 0.2) is 35.1 Å². The Balaban J connectivity index is 3.18. The van der Waals surface area contributed by atoms with Crippen molar-refractivity contribution in [3.05, 3.63) is 46.2 Å². The summed E-state index contributed by atoms with van der Waals surface area (Å²) in [5.74, 6) is 0. The van der Waals surface area contributed by atoms with Crippen molar-refractivity contribution >= 4 is 21.5 Å². The molecule has 1 nitrogen and oxygen atoms in total. The molecular formula is C12H14BrN. The van der Waals surface area contributed by atoms with Gasteiger partial charge in [-0.3, -0.25) is 0 Å². The van der Waals surface area contributed by atoms with Crippen LogP contribution >= 0.6 is 15.9 Å². The maximum Gasteiger partial charge on any atom is 0.106 e. The fourth-order valence-corrected chi connectivity index (χ4v) is 1.79. The van der Waals surface area contributed by atoms with Crippen molar-refractivity contribution in [3.63, 3.8) is 0 Å². The van der Waals surface area contributed by atoms with Crippen molar-refractivity contribution in [2.24, 2.45) is 0 Å². The molecule has 0 unspecified atom stereocenters. The standard InChI is InChI=1S/C12H14BrN/c1-4-6-10(5-2)11-8-14-12(13)7-9(11)3/h4-8H,1-3H3. The number of rotatable bonds is 2. The number of nitrogens with zero attached hydrogens (tertiary/aromatic N) is 1. The maximum atomic E-state index is 4.23. The quantitative estimate of drug-likeness (QED) is 0.569. The van der Waals surface area contributed by atoms with Gasteiger partial charge in [-0.1, -0.05) is 18.2 Å². The molecule has 2 heteroatoms. The fourth-order valence-electron chi connectivity index (χ4n) is 1.34. The first-order chi connectivity index (χ1) is 6.69. The SMILES string of the molecule is CC=CC(=CC)c1cnc(Br)cc1C. The van der Waals surface area contributed by atoms with Crippen molar-refractivity contribution in [1.29, 1.82) is 0 Å². The molecule has 0 bridgehead atoms. The largest absolute Gasteiger partial charge is 0.249 e. The highest BCUT2D eigenvalue weighted by Crippen LogP contribution is 2.21. The molecule has 0 aliphatic carbocycles. The minimum Gasteiger partial charge on any atom is -0.249 e. The van der Waals surface area contributed by atoms with Crippen LogP contribution in [0.1, 0.15) is 25.0 Å². The molecule has 1 aromatic rings. The molecule has 1 heterocycles. The second kappa shape index (κ2) is 5.11. The van der Waals surface area contributed by atoms with Gasteiger partial charge in [-0.2, -0.15) is 0 Å². The molecule has 0 aliphatic heterocycles. The number of hydrogen-bond donors (Lipinski definition) is 0. The third-order valence-electron chi connectivity index (χ3n) is 2.05. The molecule has 74 valence electrons. The van der Waals surface area contributed by atoms with Crippen LogP contribution in [0, 0.1) is 6.92 Å². The summed E-state index contributed by atoms with van der Waals surface area (Å²) in [5.41, 5.74) is 3.64. The van der Waals surface area contributed by atoms with Crippen LogP contribution in [0.25, 0.3) is 5.57 Å². The highest BCUT2D eigenvalue weighted by atomic mass is 79.9. The number of pyridine rings is 1. The van der Waals surface area contributed by atoms with E-state index >= 15 is 0 Å². The molecule has 0 fully saturated rings. The lowest BCUT2D eigenvalue weighted by Crippen LogP contribution is -1.89. The monoisotopic (exact) mass is 251 g/mol. The smallest absolute Gasteiger partial charge is 0.106 e. The fraction of sp³-hybridized carbons (Fsp3) is 0.250. The maximum absolute atomic E-state index is 4.23. The number of halogens is 1.